The van der Waals surface area contributed by atoms with Gasteiger partial charge in [-0.25, -0.2) is 4.98 Å². The van der Waals surface area contributed by atoms with Crippen LogP contribution in [0.4, 0.5) is 5.69 Å². The Bertz CT molecular complexity index is 1140. The number of ether oxygens (including phenoxy) is 2. The van der Waals surface area contributed by atoms with Crippen LogP contribution in [0.5, 0.6) is 11.6 Å². The molecule has 0 fully saturated rings. The third-order valence-corrected chi connectivity index (χ3v) is 4.82. The van der Waals surface area contributed by atoms with Crippen LogP contribution in [0.25, 0.3) is 11.1 Å². The topological polar surface area (TPSA) is 69.5 Å². The minimum absolute atomic E-state index is 0.0295. The SMILES string of the molecule is CC#CCn1cc(N2Cc3cc(-c4cnc(OC)c(OC)c4)ccc3C2=O)cn1. The molecule has 1 aliphatic heterocycles. The Hall–Kier alpha value is -3.79. The quantitative estimate of drug-likeness (QED) is 0.628. The van der Waals surface area contributed by atoms with Crippen molar-refractivity contribution < 1.29 is 14.3 Å². The molecule has 29 heavy (non-hydrogen) atoms. The first-order chi connectivity index (χ1) is 14.1. The lowest BCUT2D eigenvalue weighted by Crippen LogP contribution is -2.22. The van der Waals surface area contributed by atoms with Crippen molar-refractivity contribution in [1.82, 2.24) is 14.8 Å². The fourth-order valence-electron chi connectivity index (χ4n) is 3.34. The summed E-state index contributed by atoms with van der Waals surface area (Å²) in [5, 5.41) is 4.28. The molecule has 0 bridgehead atoms. The van der Waals surface area contributed by atoms with Crippen LogP contribution in [0.3, 0.4) is 0 Å². The summed E-state index contributed by atoms with van der Waals surface area (Å²) in [6.45, 7) is 2.78. The van der Waals surface area contributed by atoms with Gasteiger partial charge in [0, 0.05) is 23.5 Å². The summed E-state index contributed by atoms with van der Waals surface area (Å²) in [5.74, 6) is 6.77. The van der Waals surface area contributed by atoms with E-state index in [2.05, 4.69) is 21.9 Å². The number of carbonyl (C=O) groups excluding carboxylic acids is 1. The van der Waals surface area contributed by atoms with E-state index in [-0.39, 0.29) is 5.91 Å². The predicted molar refractivity (Wildman–Crippen MR) is 109 cm³/mol. The second-order valence-electron chi connectivity index (χ2n) is 6.52. The van der Waals surface area contributed by atoms with Gasteiger partial charge in [-0.05, 0) is 36.2 Å². The predicted octanol–water partition coefficient (Wildman–Crippen LogP) is 3.15. The zero-order chi connectivity index (χ0) is 20.4. The van der Waals surface area contributed by atoms with Crippen molar-refractivity contribution in [2.45, 2.75) is 20.0 Å². The van der Waals surface area contributed by atoms with E-state index in [9.17, 15) is 4.79 Å². The lowest BCUT2D eigenvalue weighted by atomic mass is 10.0. The third-order valence-electron chi connectivity index (χ3n) is 4.82. The monoisotopic (exact) mass is 388 g/mol. The van der Waals surface area contributed by atoms with E-state index in [0.717, 1.165) is 22.4 Å². The maximum atomic E-state index is 12.9. The number of hydrogen-bond acceptors (Lipinski definition) is 5. The smallest absolute Gasteiger partial charge is 0.259 e. The van der Waals surface area contributed by atoms with Gasteiger partial charge < -0.3 is 14.4 Å². The van der Waals surface area contributed by atoms with Gasteiger partial charge in [0.15, 0.2) is 5.75 Å². The van der Waals surface area contributed by atoms with Crippen LogP contribution in [0, 0.1) is 11.8 Å². The highest BCUT2D eigenvalue weighted by Gasteiger charge is 2.29. The number of nitrogens with zero attached hydrogens (tertiary/aromatic N) is 4. The van der Waals surface area contributed by atoms with Crippen LogP contribution >= 0.6 is 0 Å². The van der Waals surface area contributed by atoms with Crippen molar-refractivity contribution in [3.05, 3.63) is 54.0 Å². The molecule has 4 rings (SSSR count). The standard InChI is InChI=1S/C22H20N4O3/c1-4-5-8-25-14-18(12-24-25)26-13-17-9-15(6-7-19(17)22(26)27)16-10-20(28-2)21(29-3)23-11-16/h6-7,9-12,14H,8,13H2,1-3H3. The second kappa shape index (κ2) is 7.68. The molecule has 0 N–H and O–H groups in total. The molecule has 0 radical (unpaired) electrons. The molecule has 1 aliphatic rings. The van der Waals surface area contributed by atoms with E-state index >= 15 is 0 Å². The number of anilines is 1. The minimum Gasteiger partial charge on any atom is -0.491 e. The van der Waals surface area contributed by atoms with Crippen molar-refractivity contribution in [1.29, 1.82) is 0 Å². The van der Waals surface area contributed by atoms with Crippen molar-refractivity contribution in [3.63, 3.8) is 0 Å². The van der Waals surface area contributed by atoms with Gasteiger partial charge in [-0.3, -0.25) is 9.48 Å². The summed E-state index contributed by atoms with van der Waals surface area (Å²) in [5.41, 5.74) is 4.27. The molecule has 7 heteroatoms. The van der Waals surface area contributed by atoms with E-state index in [4.69, 9.17) is 9.47 Å². The molecule has 0 saturated heterocycles. The molecule has 0 unspecified atom stereocenters. The van der Waals surface area contributed by atoms with Crippen molar-refractivity contribution in [2.75, 3.05) is 19.1 Å². The summed E-state index contributed by atoms with van der Waals surface area (Å²) in [4.78, 5) is 18.9. The van der Waals surface area contributed by atoms with E-state index < -0.39 is 0 Å². The highest BCUT2D eigenvalue weighted by atomic mass is 16.5. The first-order valence-electron chi connectivity index (χ1n) is 9.10. The van der Waals surface area contributed by atoms with Crippen LogP contribution in [0.2, 0.25) is 0 Å². The van der Waals surface area contributed by atoms with Crippen molar-refractivity contribution in [3.8, 4) is 34.6 Å². The van der Waals surface area contributed by atoms with Gasteiger partial charge in [0.05, 0.1) is 32.6 Å². The van der Waals surface area contributed by atoms with Gasteiger partial charge in [-0.15, -0.1) is 5.92 Å². The van der Waals surface area contributed by atoms with Crippen molar-refractivity contribution in [2.24, 2.45) is 0 Å². The summed E-state index contributed by atoms with van der Waals surface area (Å²) in [7, 11) is 3.13. The van der Waals surface area contributed by atoms with Gasteiger partial charge in [0.25, 0.3) is 11.8 Å². The molecule has 0 atom stereocenters. The highest BCUT2D eigenvalue weighted by molar-refractivity contribution is 6.10. The number of rotatable bonds is 5. The first kappa shape index (κ1) is 18.6. The molecule has 2 aromatic heterocycles. The molecular weight excluding hydrogens is 368 g/mol. The number of carbonyl (C=O) groups is 1. The van der Waals surface area contributed by atoms with Gasteiger partial charge >= 0.3 is 0 Å². The van der Waals surface area contributed by atoms with Gasteiger partial charge in [-0.1, -0.05) is 12.0 Å². The van der Waals surface area contributed by atoms with Gasteiger partial charge in [-0.2, -0.15) is 5.10 Å². The third kappa shape index (κ3) is 3.41. The maximum Gasteiger partial charge on any atom is 0.259 e. The minimum atomic E-state index is -0.0295. The largest absolute Gasteiger partial charge is 0.491 e. The Morgan fingerprint density at radius 2 is 2.00 bits per heavy atom. The molecule has 0 saturated carbocycles. The fraction of sp³-hybridized carbons (Fsp3) is 0.227. The fourth-order valence-corrected chi connectivity index (χ4v) is 3.34. The number of benzene rings is 1. The Kier molecular flexibility index (Phi) is 4.92. The average molecular weight is 388 g/mol. The lowest BCUT2D eigenvalue weighted by molar-refractivity contribution is 0.0996. The highest BCUT2D eigenvalue weighted by Crippen LogP contribution is 2.34. The van der Waals surface area contributed by atoms with E-state index in [1.165, 1.54) is 0 Å². The van der Waals surface area contributed by atoms with Crippen molar-refractivity contribution >= 4 is 11.6 Å². The van der Waals surface area contributed by atoms with E-state index in [0.29, 0.717) is 30.3 Å². The number of fused-ring (bicyclic) bond motifs is 1. The first-order valence-corrected chi connectivity index (χ1v) is 9.10. The van der Waals surface area contributed by atoms with Gasteiger partial charge in [0.2, 0.25) is 0 Å². The van der Waals surface area contributed by atoms with Crippen LogP contribution in [0.1, 0.15) is 22.8 Å². The molecule has 1 aromatic carbocycles. The maximum absolute atomic E-state index is 12.9. The Balaban J connectivity index is 1.62. The number of methoxy groups -OCH3 is 2. The zero-order valence-corrected chi connectivity index (χ0v) is 16.5. The van der Waals surface area contributed by atoms with E-state index in [1.807, 2.05) is 30.5 Å². The second-order valence-corrected chi connectivity index (χ2v) is 6.52. The lowest BCUT2D eigenvalue weighted by Gasteiger charge is -2.12. The zero-order valence-electron chi connectivity index (χ0n) is 16.5. The van der Waals surface area contributed by atoms with Gasteiger partial charge in [0.1, 0.15) is 6.54 Å². The van der Waals surface area contributed by atoms with Crippen LogP contribution in [-0.2, 0) is 13.1 Å². The normalized spacial score (nSPS) is 12.4. The van der Waals surface area contributed by atoms with E-state index in [1.54, 1.807) is 43.1 Å². The number of hydrogen-bond donors (Lipinski definition) is 0. The number of pyridine rings is 1. The number of amides is 1. The number of aromatic nitrogens is 3. The molecule has 1 amide bonds. The van der Waals surface area contributed by atoms with Crippen LogP contribution < -0.4 is 14.4 Å². The van der Waals surface area contributed by atoms with Crippen LogP contribution in [0.15, 0.2) is 42.9 Å². The molecule has 146 valence electrons. The summed E-state index contributed by atoms with van der Waals surface area (Å²) in [6, 6.07) is 7.67. The molecule has 0 spiro atoms. The Labute approximate surface area is 168 Å². The van der Waals surface area contributed by atoms with Crippen LogP contribution in [-0.4, -0.2) is 34.9 Å². The Morgan fingerprint density at radius 1 is 1.14 bits per heavy atom. The summed E-state index contributed by atoms with van der Waals surface area (Å²) < 4.78 is 12.3. The Morgan fingerprint density at radius 3 is 2.76 bits per heavy atom. The average Bonchev–Trinajstić information content (AvgIpc) is 3.35. The molecule has 3 heterocycles. The summed E-state index contributed by atoms with van der Waals surface area (Å²) in [6.07, 6.45) is 5.27. The molecule has 7 nitrogen and oxygen atoms in total. The molecule has 3 aromatic rings. The molecular formula is C22H20N4O3. The molecule has 0 aliphatic carbocycles. The summed E-state index contributed by atoms with van der Waals surface area (Å²) >= 11 is 0.